The third kappa shape index (κ3) is 3.04. The molecule has 1 fully saturated rings. The number of carboxylic acid groups (broad SMARTS) is 1. The first-order chi connectivity index (χ1) is 8.99. The zero-order valence-corrected chi connectivity index (χ0v) is 10.8. The van der Waals surface area contributed by atoms with Crippen LogP contribution in [0, 0.1) is 11.7 Å². The molecule has 0 bridgehead atoms. The lowest BCUT2D eigenvalue weighted by molar-refractivity contribution is -0.141. The van der Waals surface area contributed by atoms with Gasteiger partial charge in [0, 0.05) is 6.04 Å². The van der Waals surface area contributed by atoms with Crippen molar-refractivity contribution in [3.05, 3.63) is 34.6 Å². The fourth-order valence-electron chi connectivity index (χ4n) is 2.28. The molecule has 0 aromatic heterocycles. The van der Waals surface area contributed by atoms with E-state index >= 15 is 0 Å². The summed E-state index contributed by atoms with van der Waals surface area (Å²) in [7, 11) is 0. The lowest BCUT2D eigenvalue weighted by atomic mass is 10.1. The van der Waals surface area contributed by atoms with Gasteiger partial charge in [0.1, 0.15) is 0 Å². The summed E-state index contributed by atoms with van der Waals surface area (Å²) in [5.74, 6) is -2.61. The van der Waals surface area contributed by atoms with Crippen LogP contribution < -0.4 is 5.32 Å². The zero-order chi connectivity index (χ0) is 14.0. The van der Waals surface area contributed by atoms with Crippen molar-refractivity contribution in [3.63, 3.8) is 0 Å². The summed E-state index contributed by atoms with van der Waals surface area (Å²) in [6, 6.07) is 3.98. The number of carbonyl (C=O) groups excluding carboxylic acids is 1. The van der Waals surface area contributed by atoms with E-state index in [9.17, 15) is 14.0 Å². The van der Waals surface area contributed by atoms with Crippen LogP contribution in [0.4, 0.5) is 4.39 Å². The van der Waals surface area contributed by atoms with E-state index in [1.165, 1.54) is 18.2 Å². The zero-order valence-electron chi connectivity index (χ0n) is 10.0. The van der Waals surface area contributed by atoms with E-state index in [4.69, 9.17) is 16.7 Å². The highest BCUT2D eigenvalue weighted by Crippen LogP contribution is 2.26. The van der Waals surface area contributed by atoms with Gasteiger partial charge in [-0.05, 0) is 31.4 Å². The molecular formula is C13H13ClFNO3. The van der Waals surface area contributed by atoms with Crippen molar-refractivity contribution in [2.24, 2.45) is 5.92 Å². The minimum Gasteiger partial charge on any atom is -0.481 e. The lowest BCUT2D eigenvalue weighted by Crippen LogP contribution is -2.33. The Morgan fingerprint density at radius 2 is 2.11 bits per heavy atom. The maximum Gasteiger partial charge on any atom is 0.306 e. The Morgan fingerprint density at radius 1 is 1.37 bits per heavy atom. The van der Waals surface area contributed by atoms with Crippen molar-refractivity contribution in [2.75, 3.05) is 0 Å². The van der Waals surface area contributed by atoms with Crippen molar-refractivity contribution in [2.45, 2.75) is 25.3 Å². The summed E-state index contributed by atoms with van der Waals surface area (Å²) >= 11 is 5.61. The monoisotopic (exact) mass is 285 g/mol. The second-order valence-electron chi connectivity index (χ2n) is 4.62. The minimum atomic E-state index is -0.856. The number of carbonyl (C=O) groups is 2. The summed E-state index contributed by atoms with van der Waals surface area (Å²) in [5.41, 5.74) is -0.119. The Morgan fingerprint density at radius 3 is 2.74 bits per heavy atom. The molecule has 102 valence electrons. The van der Waals surface area contributed by atoms with Crippen molar-refractivity contribution >= 4 is 23.5 Å². The predicted octanol–water partition coefficient (Wildman–Crippen LogP) is 2.46. The summed E-state index contributed by atoms with van der Waals surface area (Å²) in [4.78, 5) is 22.7. The molecule has 19 heavy (non-hydrogen) atoms. The van der Waals surface area contributed by atoms with Gasteiger partial charge < -0.3 is 10.4 Å². The number of carboxylic acids is 1. The summed E-state index contributed by atoms with van der Waals surface area (Å²) in [6.45, 7) is 0. The lowest BCUT2D eigenvalue weighted by Gasteiger charge is -2.13. The van der Waals surface area contributed by atoms with E-state index in [1.807, 2.05) is 0 Å². The van der Waals surface area contributed by atoms with E-state index in [0.29, 0.717) is 19.3 Å². The average molecular weight is 286 g/mol. The van der Waals surface area contributed by atoms with Gasteiger partial charge >= 0.3 is 5.97 Å². The van der Waals surface area contributed by atoms with Crippen LogP contribution in [0.5, 0.6) is 0 Å². The minimum absolute atomic E-state index is 0.109. The number of aliphatic carboxylic acids is 1. The maximum atomic E-state index is 13.6. The highest BCUT2D eigenvalue weighted by atomic mass is 35.5. The molecule has 4 nitrogen and oxygen atoms in total. The Hall–Kier alpha value is -1.62. The molecule has 0 unspecified atom stereocenters. The number of hydrogen-bond donors (Lipinski definition) is 2. The number of rotatable bonds is 3. The molecule has 1 aliphatic rings. The van der Waals surface area contributed by atoms with Gasteiger partial charge in [0.15, 0.2) is 5.82 Å². The molecule has 2 rings (SSSR count). The van der Waals surface area contributed by atoms with Crippen LogP contribution in [-0.4, -0.2) is 23.0 Å². The normalized spacial score (nSPS) is 22.2. The number of halogens is 2. The van der Waals surface area contributed by atoms with Gasteiger partial charge in [-0.2, -0.15) is 0 Å². The Labute approximate surface area is 114 Å². The Balaban J connectivity index is 2.02. The molecule has 1 saturated carbocycles. The van der Waals surface area contributed by atoms with E-state index < -0.39 is 23.6 Å². The smallest absolute Gasteiger partial charge is 0.306 e. The molecule has 1 aliphatic carbocycles. The van der Waals surface area contributed by atoms with Crippen molar-refractivity contribution in [3.8, 4) is 0 Å². The van der Waals surface area contributed by atoms with Gasteiger partial charge in [-0.3, -0.25) is 9.59 Å². The Bertz CT molecular complexity index is 521. The highest BCUT2D eigenvalue weighted by Gasteiger charge is 2.31. The van der Waals surface area contributed by atoms with E-state index in [1.54, 1.807) is 0 Å². The molecule has 6 heteroatoms. The van der Waals surface area contributed by atoms with Crippen LogP contribution >= 0.6 is 11.6 Å². The average Bonchev–Trinajstić information content (AvgIpc) is 2.81. The summed E-state index contributed by atoms with van der Waals surface area (Å²) in [6.07, 6.45) is 1.49. The standard InChI is InChI=1S/C13H13ClFNO3/c14-10-3-1-2-9(11(10)15)12(17)16-8-5-4-7(6-8)13(18)19/h1-3,7-8H,4-6H2,(H,16,17)(H,18,19)/t7-,8+/m1/s1. The molecule has 2 N–H and O–H groups in total. The molecule has 2 atom stereocenters. The maximum absolute atomic E-state index is 13.6. The van der Waals surface area contributed by atoms with Crippen LogP contribution in [0.2, 0.25) is 5.02 Å². The van der Waals surface area contributed by atoms with Gasteiger partial charge in [0.05, 0.1) is 16.5 Å². The first-order valence-corrected chi connectivity index (χ1v) is 6.34. The molecule has 1 aromatic carbocycles. The van der Waals surface area contributed by atoms with Gasteiger partial charge in [-0.15, -0.1) is 0 Å². The molecule has 0 heterocycles. The molecule has 0 radical (unpaired) electrons. The van der Waals surface area contributed by atoms with Crippen molar-refractivity contribution in [1.29, 1.82) is 0 Å². The third-order valence-electron chi connectivity index (χ3n) is 3.31. The second-order valence-corrected chi connectivity index (χ2v) is 5.03. The number of amides is 1. The summed E-state index contributed by atoms with van der Waals surface area (Å²) in [5, 5.41) is 11.4. The SMILES string of the molecule is O=C(N[C@H]1CC[C@@H](C(=O)O)C1)c1cccc(Cl)c1F. The molecule has 0 aliphatic heterocycles. The van der Waals surface area contributed by atoms with Gasteiger partial charge in [0.2, 0.25) is 0 Å². The highest BCUT2D eigenvalue weighted by molar-refractivity contribution is 6.31. The molecular weight excluding hydrogens is 273 g/mol. The third-order valence-corrected chi connectivity index (χ3v) is 3.61. The Kier molecular flexibility index (Phi) is 4.04. The topological polar surface area (TPSA) is 66.4 Å². The molecule has 0 spiro atoms. The van der Waals surface area contributed by atoms with E-state index in [0.717, 1.165) is 0 Å². The first kappa shape index (κ1) is 13.8. The van der Waals surface area contributed by atoms with Crippen LogP contribution in [0.25, 0.3) is 0 Å². The van der Waals surface area contributed by atoms with Crippen molar-refractivity contribution < 1.29 is 19.1 Å². The quantitative estimate of drug-likeness (QED) is 0.896. The van der Waals surface area contributed by atoms with Gasteiger partial charge in [-0.1, -0.05) is 17.7 Å². The second kappa shape index (κ2) is 5.57. The van der Waals surface area contributed by atoms with E-state index in [2.05, 4.69) is 5.32 Å². The summed E-state index contributed by atoms with van der Waals surface area (Å²) < 4.78 is 13.6. The molecule has 1 amide bonds. The van der Waals surface area contributed by atoms with Crippen LogP contribution in [0.1, 0.15) is 29.6 Å². The molecule has 0 saturated heterocycles. The fourth-order valence-corrected chi connectivity index (χ4v) is 2.45. The number of hydrogen-bond acceptors (Lipinski definition) is 2. The largest absolute Gasteiger partial charge is 0.481 e. The fraction of sp³-hybridized carbons (Fsp3) is 0.385. The first-order valence-electron chi connectivity index (χ1n) is 5.96. The number of benzene rings is 1. The van der Waals surface area contributed by atoms with Gasteiger partial charge in [0.25, 0.3) is 5.91 Å². The predicted molar refractivity (Wildman–Crippen MR) is 67.6 cm³/mol. The van der Waals surface area contributed by atoms with Crippen molar-refractivity contribution in [1.82, 2.24) is 5.32 Å². The van der Waals surface area contributed by atoms with Crippen LogP contribution in [0.15, 0.2) is 18.2 Å². The van der Waals surface area contributed by atoms with E-state index in [-0.39, 0.29) is 16.6 Å². The molecule has 1 aromatic rings. The van der Waals surface area contributed by atoms with Gasteiger partial charge in [-0.25, -0.2) is 4.39 Å². The van der Waals surface area contributed by atoms with Crippen LogP contribution in [-0.2, 0) is 4.79 Å². The van der Waals surface area contributed by atoms with Crippen LogP contribution in [0.3, 0.4) is 0 Å². The number of nitrogens with one attached hydrogen (secondary N) is 1.